The van der Waals surface area contributed by atoms with Crippen molar-refractivity contribution in [3.63, 3.8) is 0 Å². The van der Waals surface area contributed by atoms with Crippen LogP contribution in [-0.4, -0.2) is 11.4 Å². The van der Waals surface area contributed by atoms with Crippen LogP contribution >= 0.6 is 24.0 Å². The molecule has 1 fully saturated rings. The van der Waals surface area contributed by atoms with Crippen molar-refractivity contribution in [3.05, 3.63) is 34.9 Å². The lowest BCUT2D eigenvalue weighted by atomic mass is 10.2. The van der Waals surface area contributed by atoms with Crippen LogP contribution in [0.15, 0.2) is 24.3 Å². The van der Waals surface area contributed by atoms with Crippen LogP contribution in [0.3, 0.4) is 0 Å². The number of benzene rings is 1. The Balaban J connectivity index is 0.00000128. The van der Waals surface area contributed by atoms with Crippen LogP contribution in [0, 0.1) is 0 Å². The van der Waals surface area contributed by atoms with E-state index in [0.29, 0.717) is 11.6 Å². The topological polar surface area (TPSA) is 55.1 Å². The van der Waals surface area contributed by atoms with Crippen LogP contribution in [-0.2, 0) is 11.3 Å². The zero-order valence-corrected chi connectivity index (χ0v) is 10.3. The molecule has 0 unspecified atom stereocenters. The van der Waals surface area contributed by atoms with Crippen LogP contribution in [0.25, 0.3) is 0 Å². The number of hydrogen-bond donors (Lipinski definition) is 2. The van der Waals surface area contributed by atoms with E-state index in [9.17, 15) is 4.79 Å². The van der Waals surface area contributed by atoms with Gasteiger partial charge in [-0.25, -0.2) is 0 Å². The summed E-state index contributed by atoms with van der Waals surface area (Å²) in [7, 11) is 0. The van der Waals surface area contributed by atoms with Crippen LogP contribution in [0.1, 0.15) is 18.4 Å². The molecule has 0 aromatic heterocycles. The quantitative estimate of drug-likeness (QED) is 0.872. The molecule has 3 N–H and O–H groups in total. The number of carbonyl (C=O) groups is 1. The van der Waals surface area contributed by atoms with Crippen molar-refractivity contribution in [2.75, 3.05) is 0 Å². The summed E-state index contributed by atoms with van der Waals surface area (Å²) in [6.07, 6.45) is 1.58. The summed E-state index contributed by atoms with van der Waals surface area (Å²) in [5.74, 6) is -0.0579. The zero-order chi connectivity index (χ0) is 10.9. The Labute approximate surface area is 106 Å². The van der Waals surface area contributed by atoms with Gasteiger partial charge in [-0.2, -0.15) is 0 Å². The van der Waals surface area contributed by atoms with Crippen molar-refractivity contribution in [2.45, 2.75) is 24.9 Å². The lowest BCUT2D eigenvalue weighted by molar-refractivity contribution is -0.123. The predicted molar refractivity (Wildman–Crippen MR) is 66.7 cm³/mol. The summed E-state index contributed by atoms with van der Waals surface area (Å²) >= 11 is 5.75. The van der Waals surface area contributed by atoms with E-state index in [1.807, 2.05) is 12.1 Å². The van der Waals surface area contributed by atoms with Gasteiger partial charge >= 0.3 is 0 Å². The molecule has 88 valence electrons. The van der Waals surface area contributed by atoms with E-state index in [0.717, 1.165) is 18.4 Å². The molecule has 0 atom stereocenters. The van der Waals surface area contributed by atoms with Crippen molar-refractivity contribution >= 4 is 29.9 Å². The normalized spacial score (nSPS) is 16.1. The standard InChI is InChI=1S/C11H13ClN2O.ClH/c12-9-3-1-8(2-4-9)7-14-10(15)11(13)5-6-11;/h1-4H,5-7,13H2,(H,14,15);1H. The summed E-state index contributed by atoms with van der Waals surface area (Å²) in [6, 6.07) is 7.38. The average Bonchev–Trinajstić information content (AvgIpc) is 2.97. The van der Waals surface area contributed by atoms with Crippen LogP contribution in [0.2, 0.25) is 5.02 Å². The van der Waals surface area contributed by atoms with Gasteiger partial charge in [0, 0.05) is 11.6 Å². The molecule has 3 nitrogen and oxygen atoms in total. The Hall–Kier alpha value is -0.770. The smallest absolute Gasteiger partial charge is 0.240 e. The molecule has 1 aliphatic carbocycles. The molecule has 0 radical (unpaired) electrons. The average molecular weight is 261 g/mol. The molecule has 0 bridgehead atoms. The van der Waals surface area contributed by atoms with E-state index in [2.05, 4.69) is 5.32 Å². The molecule has 16 heavy (non-hydrogen) atoms. The van der Waals surface area contributed by atoms with E-state index >= 15 is 0 Å². The molecule has 0 spiro atoms. The van der Waals surface area contributed by atoms with Crippen molar-refractivity contribution in [2.24, 2.45) is 5.73 Å². The first-order valence-corrected chi connectivity index (χ1v) is 5.30. The second-order valence-electron chi connectivity index (χ2n) is 3.97. The Kier molecular flexibility index (Phi) is 4.19. The number of nitrogens with two attached hydrogens (primary N) is 1. The fraction of sp³-hybridized carbons (Fsp3) is 0.364. The van der Waals surface area contributed by atoms with Crippen molar-refractivity contribution in [1.82, 2.24) is 5.32 Å². The van der Waals surface area contributed by atoms with E-state index < -0.39 is 5.54 Å². The second kappa shape index (κ2) is 5.04. The van der Waals surface area contributed by atoms with Crippen LogP contribution in [0.5, 0.6) is 0 Å². The first kappa shape index (κ1) is 13.3. The summed E-state index contributed by atoms with van der Waals surface area (Å²) in [6.45, 7) is 0.509. The summed E-state index contributed by atoms with van der Waals surface area (Å²) in [4.78, 5) is 11.5. The van der Waals surface area contributed by atoms with Crippen molar-refractivity contribution in [3.8, 4) is 0 Å². The minimum Gasteiger partial charge on any atom is -0.350 e. The number of carbonyl (C=O) groups excluding carboxylic acids is 1. The van der Waals surface area contributed by atoms with E-state index in [-0.39, 0.29) is 18.3 Å². The van der Waals surface area contributed by atoms with Gasteiger partial charge in [0.05, 0.1) is 5.54 Å². The second-order valence-corrected chi connectivity index (χ2v) is 4.40. The fourth-order valence-corrected chi connectivity index (χ4v) is 1.45. The van der Waals surface area contributed by atoms with Gasteiger partial charge in [0.15, 0.2) is 0 Å². The highest BCUT2D eigenvalue weighted by molar-refractivity contribution is 6.30. The predicted octanol–water partition coefficient (Wildman–Crippen LogP) is 1.87. The van der Waals surface area contributed by atoms with Gasteiger partial charge < -0.3 is 11.1 Å². The molecule has 1 aliphatic rings. The first-order valence-electron chi connectivity index (χ1n) is 4.92. The molecular weight excluding hydrogens is 247 g/mol. The molecule has 1 aromatic rings. The molecule has 0 aliphatic heterocycles. The fourth-order valence-electron chi connectivity index (χ4n) is 1.32. The first-order chi connectivity index (χ1) is 7.10. The maximum Gasteiger partial charge on any atom is 0.240 e. The van der Waals surface area contributed by atoms with Gasteiger partial charge in [0.25, 0.3) is 0 Å². The molecule has 5 heteroatoms. The Bertz CT molecular complexity index is 374. The van der Waals surface area contributed by atoms with Crippen molar-refractivity contribution < 1.29 is 4.79 Å². The maximum absolute atomic E-state index is 11.5. The third kappa shape index (κ3) is 3.11. The zero-order valence-electron chi connectivity index (χ0n) is 8.70. The number of amides is 1. The lowest BCUT2D eigenvalue weighted by Gasteiger charge is -2.09. The molecule has 2 rings (SSSR count). The molecule has 1 amide bonds. The SMILES string of the molecule is Cl.NC1(C(=O)NCc2ccc(Cl)cc2)CC1. The molecule has 0 saturated heterocycles. The molecular formula is C11H14Cl2N2O. The maximum atomic E-state index is 11.5. The minimum atomic E-state index is -0.591. The van der Waals surface area contributed by atoms with E-state index in [1.54, 1.807) is 12.1 Å². The van der Waals surface area contributed by atoms with Gasteiger partial charge in [-0.15, -0.1) is 12.4 Å². The molecule has 1 aromatic carbocycles. The van der Waals surface area contributed by atoms with Gasteiger partial charge in [-0.3, -0.25) is 4.79 Å². The summed E-state index contributed by atoms with van der Waals surface area (Å²) in [5.41, 5.74) is 6.18. The van der Waals surface area contributed by atoms with Gasteiger partial charge in [0.1, 0.15) is 0 Å². The Morgan fingerprint density at radius 2 is 1.94 bits per heavy atom. The number of halogens is 2. The van der Waals surface area contributed by atoms with Crippen molar-refractivity contribution in [1.29, 1.82) is 0 Å². The van der Waals surface area contributed by atoms with E-state index in [1.165, 1.54) is 0 Å². The minimum absolute atomic E-state index is 0. The van der Waals surface area contributed by atoms with E-state index in [4.69, 9.17) is 17.3 Å². The van der Waals surface area contributed by atoms with Gasteiger partial charge in [0.2, 0.25) is 5.91 Å². The van der Waals surface area contributed by atoms with Gasteiger partial charge in [-0.05, 0) is 30.5 Å². The highest BCUT2D eigenvalue weighted by Gasteiger charge is 2.45. The number of hydrogen-bond acceptors (Lipinski definition) is 2. The highest BCUT2D eigenvalue weighted by Crippen LogP contribution is 2.32. The summed E-state index contributed by atoms with van der Waals surface area (Å²) < 4.78 is 0. The molecule has 1 saturated carbocycles. The third-order valence-electron chi connectivity index (χ3n) is 2.61. The largest absolute Gasteiger partial charge is 0.350 e. The molecule has 0 heterocycles. The number of rotatable bonds is 3. The Morgan fingerprint density at radius 1 is 1.38 bits per heavy atom. The van der Waals surface area contributed by atoms with Crippen LogP contribution < -0.4 is 11.1 Å². The monoisotopic (exact) mass is 260 g/mol. The van der Waals surface area contributed by atoms with Gasteiger partial charge in [-0.1, -0.05) is 23.7 Å². The Morgan fingerprint density at radius 3 is 2.44 bits per heavy atom. The number of nitrogens with one attached hydrogen (secondary N) is 1. The lowest BCUT2D eigenvalue weighted by Crippen LogP contribution is -2.42. The third-order valence-corrected chi connectivity index (χ3v) is 2.86. The highest BCUT2D eigenvalue weighted by atomic mass is 35.5. The summed E-state index contributed by atoms with van der Waals surface area (Å²) in [5, 5.41) is 3.51. The van der Waals surface area contributed by atoms with Crippen LogP contribution in [0.4, 0.5) is 0 Å².